The third kappa shape index (κ3) is 2.51. The minimum absolute atomic E-state index is 0.0232. The van der Waals surface area contributed by atoms with Gasteiger partial charge in [-0.15, -0.1) is 0 Å². The minimum atomic E-state index is -1.09. The first-order chi connectivity index (χ1) is 9.36. The number of hydrogen-bond donors (Lipinski definition) is 1. The molecule has 2 fully saturated rings. The van der Waals surface area contributed by atoms with E-state index < -0.39 is 11.5 Å². The van der Waals surface area contributed by atoms with Crippen molar-refractivity contribution in [2.75, 3.05) is 19.6 Å². The molecule has 2 heterocycles. The van der Waals surface area contributed by atoms with E-state index in [9.17, 15) is 19.5 Å². The number of nitrogens with zero attached hydrogens (tertiary/aromatic N) is 2. The summed E-state index contributed by atoms with van der Waals surface area (Å²) in [6.45, 7) is 4.73. The molecule has 6 heteroatoms. The predicted molar refractivity (Wildman–Crippen MR) is 72.0 cm³/mol. The van der Waals surface area contributed by atoms with E-state index in [-0.39, 0.29) is 17.7 Å². The molecule has 2 saturated heterocycles. The number of carbonyl (C=O) groups excluding carboxylic acids is 2. The van der Waals surface area contributed by atoms with Crippen LogP contribution in [0, 0.1) is 5.92 Å². The van der Waals surface area contributed by atoms with E-state index >= 15 is 0 Å². The highest BCUT2D eigenvalue weighted by molar-refractivity contribution is 5.89. The van der Waals surface area contributed by atoms with Gasteiger partial charge in [-0.3, -0.25) is 9.59 Å². The Kier molecular flexibility index (Phi) is 4.01. The average molecular weight is 282 g/mol. The molecule has 0 aromatic heterocycles. The predicted octanol–water partition coefficient (Wildman–Crippen LogP) is 0.711. The first-order valence-electron chi connectivity index (χ1n) is 7.16. The van der Waals surface area contributed by atoms with Crippen LogP contribution in [0.4, 0.5) is 0 Å². The summed E-state index contributed by atoms with van der Waals surface area (Å²) in [6.07, 6.45) is 2.75. The Morgan fingerprint density at radius 3 is 2.50 bits per heavy atom. The van der Waals surface area contributed by atoms with Crippen LogP contribution in [0.1, 0.15) is 39.5 Å². The first-order valence-corrected chi connectivity index (χ1v) is 7.16. The summed E-state index contributed by atoms with van der Waals surface area (Å²) < 4.78 is 0. The lowest BCUT2D eigenvalue weighted by Gasteiger charge is -2.37. The third-order valence-corrected chi connectivity index (χ3v) is 4.58. The summed E-state index contributed by atoms with van der Waals surface area (Å²) in [7, 11) is 0. The summed E-state index contributed by atoms with van der Waals surface area (Å²) in [5.74, 6) is -1.34. The number of carbonyl (C=O) groups is 3. The van der Waals surface area contributed by atoms with Crippen LogP contribution in [0.3, 0.4) is 0 Å². The zero-order valence-electron chi connectivity index (χ0n) is 12.1. The summed E-state index contributed by atoms with van der Waals surface area (Å²) >= 11 is 0. The van der Waals surface area contributed by atoms with Crippen molar-refractivity contribution >= 4 is 17.8 Å². The molecule has 2 aliphatic rings. The Balaban J connectivity index is 2.11. The molecule has 2 unspecified atom stereocenters. The van der Waals surface area contributed by atoms with Gasteiger partial charge in [-0.2, -0.15) is 0 Å². The molecule has 2 atom stereocenters. The van der Waals surface area contributed by atoms with E-state index in [1.807, 2.05) is 0 Å². The van der Waals surface area contributed by atoms with Crippen molar-refractivity contribution in [3.63, 3.8) is 0 Å². The Bertz CT molecular complexity index is 437. The van der Waals surface area contributed by atoms with Crippen molar-refractivity contribution in [2.24, 2.45) is 5.92 Å². The largest absolute Gasteiger partial charge is 0.480 e. The maximum atomic E-state index is 12.6. The molecule has 0 radical (unpaired) electrons. The average Bonchev–Trinajstić information content (AvgIpc) is 2.81. The van der Waals surface area contributed by atoms with Gasteiger partial charge in [0.15, 0.2) is 0 Å². The lowest BCUT2D eigenvalue weighted by molar-refractivity contribution is -0.158. The van der Waals surface area contributed by atoms with Crippen molar-refractivity contribution in [2.45, 2.75) is 45.1 Å². The van der Waals surface area contributed by atoms with Gasteiger partial charge in [0, 0.05) is 26.6 Å². The van der Waals surface area contributed by atoms with E-state index in [1.54, 1.807) is 11.8 Å². The maximum Gasteiger partial charge on any atom is 0.329 e. The Morgan fingerprint density at radius 2 is 1.90 bits per heavy atom. The second-order valence-corrected chi connectivity index (χ2v) is 5.98. The molecule has 0 bridgehead atoms. The Morgan fingerprint density at radius 1 is 1.20 bits per heavy atom. The van der Waals surface area contributed by atoms with Crippen molar-refractivity contribution in [1.82, 2.24) is 9.80 Å². The van der Waals surface area contributed by atoms with E-state index in [2.05, 4.69) is 0 Å². The lowest BCUT2D eigenvalue weighted by Crippen LogP contribution is -2.54. The quantitative estimate of drug-likeness (QED) is 0.809. The van der Waals surface area contributed by atoms with Crippen LogP contribution in [0.25, 0.3) is 0 Å². The maximum absolute atomic E-state index is 12.6. The summed E-state index contributed by atoms with van der Waals surface area (Å²) in [4.78, 5) is 38.7. The number of aliphatic carboxylic acids is 1. The second-order valence-electron chi connectivity index (χ2n) is 5.98. The normalized spacial score (nSPS) is 30.4. The van der Waals surface area contributed by atoms with E-state index in [0.717, 1.165) is 19.3 Å². The van der Waals surface area contributed by atoms with Crippen molar-refractivity contribution in [3.05, 3.63) is 0 Å². The van der Waals surface area contributed by atoms with Gasteiger partial charge in [-0.25, -0.2) is 4.79 Å². The SMILES string of the molecule is CC(=O)N1CCCC(C(=O)N2CCCC2(C)C(=O)O)C1. The number of piperidine rings is 1. The smallest absolute Gasteiger partial charge is 0.329 e. The molecular weight excluding hydrogens is 260 g/mol. The zero-order chi connectivity index (χ0) is 14.9. The van der Waals surface area contributed by atoms with Crippen LogP contribution in [-0.4, -0.2) is 57.9 Å². The fourth-order valence-electron chi connectivity index (χ4n) is 3.22. The van der Waals surface area contributed by atoms with Gasteiger partial charge >= 0.3 is 5.97 Å². The summed E-state index contributed by atoms with van der Waals surface area (Å²) in [6, 6.07) is 0. The number of amides is 2. The highest BCUT2D eigenvalue weighted by Crippen LogP contribution is 2.32. The third-order valence-electron chi connectivity index (χ3n) is 4.58. The van der Waals surface area contributed by atoms with Crippen molar-refractivity contribution in [3.8, 4) is 0 Å². The Hall–Kier alpha value is -1.59. The lowest BCUT2D eigenvalue weighted by atomic mass is 9.93. The van der Waals surface area contributed by atoms with Crippen LogP contribution < -0.4 is 0 Å². The molecule has 2 rings (SSSR count). The molecule has 0 aromatic rings. The molecule has 2 aliphatic heterocycles. The minimum Gasteiger partial charge on any atom is -0.480 e. The summed E-state index contributed by atoms with van der Waals surface area (Å²) in [5, 5.41) is 9.37. The fraction of sp³-hybridized carbons (Fsp3) is 0.786. The molecule has 0 aromatic carbocycles. The molecule has 0 spiro atoms. The highest BCUT2D eigenvalue weighted by atomic mass is 16.4. The van der Waals surface area contributed by atoms with Gasteiger partial charge in [0.05, 0.1) is 5.92 Å². The van der Waals surface area contributed by atoms with E-state index in [0.29, 0.717) is 26.1 Å². The molecular formula is C14H22N2O4. The van der Waals surface area contributed by atoms with Gasteiger partial charge in [-0.05, 0) is 32.6 Å². The van der Waals surface area contributed by atoms with Crippen molar-refractivity contribution in [1.29, 1.82) is 0 Å². The summed E-state index contributed by atoms with van der Waals surface area (Å²) in [5.41, 5.74) is -1.09. The van der Waals surface area contributed by atoms with Gasteiger partial charge < -0.3 is 14.9 Å². The molecule has 2 amide bonds. The first kappa shape index (κ1) is 14.8. The number of likely N-dealkylation sites (tertiary alicyclic amines) is 2. The fourth-order valence-corrected chi connectivity index (χ4v) is 3.22. The molecule has 112 valence electrons. The highest BCUT2D eigenvalue weighted by Gasteiger charge is 2.47. The van der Waals surface area contributed by atoms with Gasteiger partial charge in [0.25, 0.3) is 0 Å². The number of carboxylic acids is 1. The monoisotopic (exact) mass is 282 g/mol. The van der Waals surface area contributed by atoms with Crippen LogP contribution >= 0.6 is 0 Å². The molecule has 6 nitrogen and oxygen atoms in total. The standard InChI is InChI=1S/C14H22N2O4/c1-10(17)15-7-3-5-11(9-15)12(18)16-8-4-6-14(16,2)13(19)20/h11H,3-9H2,1-2H3,(H,19,20). The van der Waals surface area contributed by atoms with Gasteiger partial charge in [0.2, 0.25) is 11.8 Å². The number of hydrogen-bond acceptors (Lipinski definition) is 3. The van der Waals surface area contributed by atoms with Crippen LogP contribution in [0.15, 0.2) is 0 Å². The molecule has 0 saturated carbocycles. The second kappa shape index (κ2) is 5.42. The molecule has 20 heavy (non-hydrogen) atoms. The topological polar surface area (TPSA) is 77.9 Å². The number of rotatable bonds is 2. The molecule has 0 aliphatic carbocycles. The van der Waals surface area contributed by atoms with Crippen LogP contribution in [0.2, 0.25) is 0 Å². The zero-order valence-corrected chi connectivity index (χ0v) is 12.1. The van der Waals surface area contributed by atoms with Crippen molar-refractivity contribution < 1.29 is 19.5 Å². The Labute approximate surface area is 118 Å². The van der Waals surface area contributed by atoms with E-state index in [4.69, 9.17) is 0 Å². The van der Waals surface area contributed by atoms with E-state index in [1.165, 1.54) is 11.8 Å². The van der Waals surface area contributed by atoms with Crippen LogP contribution in [0.5, 0.6) is 0 Å². The molecule has 1 N–H and O–H groups in total. The number of carboxylic acid groups (broad SMARTS) is 1. The van der Waals surface area contributed by atoms with Crippen LogP contribution in [-0.2, 0) is 14.4 Å². The van der Waals surface area contributed by atoms with Gasteiger partial charge in [0.1, 0.15) is 5.54 Å². The van der Waals surface area contributed by atoms with Gasteiger partial charge in [-0.1, -0.05) is 0 Å².